The van der Waals surface area contributed by atoms with Gasteiger partial charge in [0.1, 0.15) is 11.2 Å². The largest absolute Gasteiger partial charge is 0.497 e. The second-order valence-electron chi connectivity index (χ2n) is 5.84. The van der Waals surface area contributed by atoms with E-state index in [9.17, 15) is 13.6 Å². The molecule has 1 aromatic rings. The topological polar surface area (TPSA) is 35.5 Å². The lowest BCUT2D eigenvalue weighted by Crippen LogP contribution is -2.32. The van der Waals surface area contributed by atoms with Crippen molar-refractivity contribution in [3.05, 3.63) is 29.8 Å². The third kappa shape index (κ3) is 1.60. The minimum atomic E-state index is -3.02. The van der Waals surface area contributed by atoms with Gasteiger partial charge in [-0.1, -0.05) is 18.6 Å². The van der Waals surface area contributed by atoms with Crippen LogP contribution in [0.25, 0.3) is 0 Å². The summed E-state index contributed by atoms with van der Waals surface area (Å²) in [6.07, 6.45) is 1.91. The summed E-state index contributed by atoms with van der Waals surface area (Å²) in [5, 5.41) is 0. The Labute approximate surface area is 122 Å². The molecule has 1 aromatic carbocycles. The van der Waals surface area contributed by atoms with E-state index in [0.29, 0.717) is 30.6 Å². The first kappa shape index (κ1) is 14.3. The molecule has 0 radical (unpaired) electrons. The predicted octanol–water partition coefficient (Wildman–Crippen LogP) is 3.46. The van der Waals surface area contributed by atoms with Crippen molar-refractivity contribution < 1.29 is 23.0 Å². The monoisotopic (exact) mass is 296 g/mol. The number of alkyl halides is 2. The van der Waals surface area contributed by atoms with Crippen LogP contribution in [0.15, 0.2) is 24.3 Å². The summed E-state index contributed by atoms with van der Waals surface area (Å²) in [4.78, 5) is 11.3. The number of carbonyl (C=O) groups excluding carboxylic acids is 1. The number of rotatable bonds is 3. The van der Waals surface area contributed by atoms with Gasteiger partial charge < -0.3 is 9.47 Å². The molecule has 2 saturated carbocycles. The molecule has 0 spiro atoms. The minimum absolute atomic E-state index is 0.214. The highest BCUT2D eigenvalue weighted by Gasteiger charge is 2.94. The lowest BCUT2D eigenvalue weighted by Gasteiger charge is -2.27. The summed E-state index contributed by atoms with van der Waals surface area (Å²) >= 11 is 0. The zero-order valence-corrected chi connectivity index (χ0v) is 12.1. The van der Waals surface area contributed by atoms with Crippen LogP contribution in [-0.4, -0.2) is 24.6 Å². The first-order valence-corrected chi connectivity index (χ1v) is 7.13. The Balaban J connectivity index is 2.06. The molecule has 5 heteroatoms. The Hall–Kier alpha value is -1.65. The van der Waals surface area contributed by atoms with Crippen molar-refractivity contribution in [2.45, 2.75) is 49.5 Å². The molecular weight excluding hydrogens is 278 g/mol. The van der Waals surface area contributed by atoms with Crippen LogP contribution in [-0.2, 0) is 14.9 Å². The highest BCUT2D eigenvalue weighted by molar-refractivity contribution is 5.69. The van der Waals surface area contributed by atoms with E-state index in [2.05, 4.69) is 0 Å². The number of ether oxygens (including phenoxy) is 2. The SMILES string of the molecule is COc1ccc(C23CCCCC2(OC(C)=O)C3(F)F)cc1. The molecule has 2 atom stereocenters. The zero-order chi connectivity index (χ0) is 15.3. The van der Waals surface area contributed by atoms with Gasteiger partial charge in [-0.25, -0.2) is 8.78 Å². The van der Waals surface area contributed by atoms with Crippen molar-refractivity contribution in [1.82, 2.24) is 0 Å². The van der Waals surface area contributed by atoms with Gasteiger partial charge in [-0.3, -0.25) is 4.79 Å². The highest BCUT2D eigenvalue weighted by atomic mass is 19.3. The van der Waals surface area contributed by atoms with Gasteiger partial charge in [-0.15, -0.1) is 0 Å². The number of carbonyl (C=O) groups is 1. The normalized spacial score (nSPS) is 33.0. The summed E-state index contributed by atoms with van der Waals surface area (Å²) in [6.45, 7) is 1.19. The van der Waals surface area contributed by atoms with Crippen LogP contribution in [0.3, 0.4) is 0 Å². The van der Waals surface area contributed by atoms with E-state index >= 15 is 0 Å². The van der Waals surface area contributed by atoms with Crippen LogP contribution in [0.4, 0.5) is 8.78 Å². The molecule has 0 amide bonds. The number of methoxy groups -OCH3 is 1. The number of fused-ring (bicyclic) bond motifs is 1. The van der Waals surface area contributed by atoms with E-state index in [1.807, 2.05) is 0 Å². The van der Waals surface area contributed by atoms with E-state index < -0.39 is 22.9 Å². The average molecular weight is 296 g/mol. The van der Waals surface area contributed by atoms with Crippen LogP contribution < -0.4 is 4.74 Å². The number of halogens is 2. The number of esters is 1. The van der Waals surface area contributed by atoms with Gasteiger partial charge in [0.25, 0.3) is 0 Å². The third-order valence-electron chi connectivity index (χ3n) is 4.90. The number of hydrogen-bond acceptors (Lipinski definition) is 3. The highest BCUT2D eigenvalue weighted by Crippen LogP contribution is 2.76. The van der Waals surface area contributed by atoms with E-state index in [4.69, 9.17) is 9.47 Å². The number of benzene rings is 1. The predicted molar refractivity (Wildman–Crippen MR) is 72.6 cm³/mol. The van der Waals surface area contributed by atoms with E-state index in [0.717, 1.165) is 0 Å². The molecule has 3 rings (SSSR count). The fourth-order valence-electron chi connectivity index (χ4n) is 3.96. The fraction of sp³-hybridized carbons (Fsp3) is 0.562. The Bertz CT molecular complexity index is 569. The number of hydrogen-bond donors (Lipinski definition) is 0. The van der Waals surface area contributed by atoms with Gasteiger partial charge in [-0.05, 0) is 37.0 Å². The van der Waals surface area contributed by atoms with Crippen molar-refractivity contribution >= 4 is 5.97 Å². The molecule has 3 nitrogen and oxygen atoms in total. The molecule has 2 fully saturated rings. The molecule has 0 saturated heterocycles. The van der Waals surface area contributed by atoms with Crippen LogP contribution in [0.1, 0.15) is 38.2 Å². The molecule has 0 N–H and O–H groups in total. The lowest BCUT2D eigenvalue weighted by molar-refractivity contribution is -0.157. The van der Waals surface area contributed by atoms with E-state index in [-0.39, 0.29) is 6.42 Å². The first-order valence-electron chi connectivity index (χ1n) is 7.13. The average Bonchev–Trinajstić information content (AvgIpc) is 2.90. The Kier molecular flexibility index (Phi) is 3.01. The Morgan fingerprint density at radius 1 is 1.14 bits per heavy atom. The van der Waals surface area contributed by atoms with Gasteiger partial charge >= 0.3 is 11.9 Å². The Morgan fingerprint density at radius 3 is 2.33 bits per heavy atom. The van der Waals surface area contributed by atoms with Crippen LogP contribution >= 0.6 is 0 Å². The molecule has 114 valence electrons. The summed E-state index contributed by atoms with van der Waals surface area (Å²) < 4.78 is 39.7. The van der Waals surface area contributed by atoms with Gasteiger partial charge in [0.2, 0.25) is 0 Å². The van der Waals surface area contributed by atoms with Gasteiger partial charge in [0.05, 0.1) is 7.11 Å². The second-order valence-corrected chi connectivity index (χ2v) is 5.84. The van der Waals surface area contributed by atoms with E-state index in [1.165, 1.54) is 14.0 Å². The maximum atomic E-state index is 14.7. The second kappa shape index (κ2) is 4.42. The minimum Gasteiger partial charge on any atom is -0.497 e. The zero-order valence-electron chi connectivity index (χ0n) is 12.1. The van der Waals surface area contributed by atoms with Gasteiger partial charge in [-0.2, -0.15) is 0 Å². The quantitative estimate of drug-likeness (QED) is 0.801. The smallest absolute Gasteiger partial charge is 0.303 e. The van der Waals surface area contributed by atoms with Crippen LogP contribution in [0, 0.1) is 0 Å². The van der Waals surface area contributed by atoms with Crippen molar-refractivity contribution in [1.29, 1.82) is 0 Å². The molecular formula is C16H18F2O3. The Morgan fingerprint density at radius 2 is 1.76 bits per heavy atom. The van der Waals surface area contributed by atoms with Crippen molar-refractivity contribution in [2.24, 2.45) is 0 Å². The molecule has 0 aliphatic heterocycles. The summed E-state index contributed by atoms with van der Waals surface area (Å²) in [7, 11) is 1.53. The standard InChI is InChI=1S/C16H18F2O3/c1-11(19)21-15-10-4-3-9-14(15,16(15,17)18)12-5-7-13(20-2)8-6-12/h5-8H,3-4,9-10H2,1-2H3. The summed E-state index contributed by atoms with van der Waals surface area (Å²) in [6, 6.07) is 6.66. The first-order chi connectivity index (χ1) is 9.91. The molecule has 21 heavy (non-hydrogen) atoms. The molecule has 0 bridgehead atoms. The van der Waals surface area contributed by atoms with Crippen molar-refractivity contribution in [3.63, 3.8) is 0 Å². The molecule has 2 aliphatic rings. The van der Waals surface area contributed by atoms with Crippen LogP contribution in [0.5, 0.6) is 5.75 Å². The molecule has 0 aromatic heterocycles. The molecule has 0 heterocycles. The van der Waals surface area contributed by atoms with Gasteiger partial charge in [0, 0.05) is 6.92 Å². The summed E-state index contributed by atoms with van der Waals surface area (Å²) in [5.74, 6) is -3.04. The molecule has 2 aliphatic carbocycles. The lowest BCUT2D eigenvalue weighted by atomic mass is 9.80. The van der Waals surface area contributed by atoms with E-state index in [1.54, 1.807) is 24.3 Å². The van der Waals surface area contributed by atoms with Crippen LogP contribution in [0.2, 0.25) is 0 Å². The maximum absolute atomic E-state index is 14.7. The maximum Gasteiger partial charge on any atom is 0.303 e. The fourth-order valence-corrected chi connectivity index (χ4v) is 3.96. The summed E-state index contributed by atoms with van der Waals surface area (Å²) in [5.41, 5.74) is -2.52. The van der Waals surface area contributed by atoms with Crippen molar-refractivity contribution in [2.75, 3.05) is 7.11 Å². The third-order valence-corrected chi connectivity index (χ3v) is 4.90. The van der Waals surface area contributed by atoms with Crippen molar-refractivity contribution in [3.8, 4) is 5.75 Å². The molecule has 2 unspecified atom stereocenters. The van der Waals surface area contributed by atoms with Gasteiger partial charge in [0.15, 0.2) is 5.60 Å².